The van der Waals surface area contributed by atoms with Crippen molar-refractivity contribution < 1.29 is 22.4 Å². The molecule has 0 aliphatic rings. The van der Waals surface area contributed by atoms with E-state index in [1.54, 1.807) is 6.92 Å². The van der Waals surface area contributed by atoms with Gasteiger partial charge in [-0.1, -0.05) is 43.3 Å². The van der Waals surface area contributed by atoms with Gasteiger partial charge in [-0.3, -0.25) is 13.9 Å². The number of hydrogen-bond donors (Lipinski definition) is 1. The average molecular weight is 464 g/mol. The highest BCUT2D eigenvalue weighted by Crippen LogP contribution is 2.20. The van der Waals surface area contributed by atoms with Crippen LogP contribution in [0, 0.1) is 5.82 Å². The summed E-state index contributed by atoms with van der Waals surface area (Å²) in [5.41, 5.74) is 0.831. The van der Waals surface area contributed by atoms with Crippen LogP contribution < -0.4 is 9.62 Å². The molecule has 0 saturated carbocycles. The average Bonchev–Trinajstić information content (AvgIpc) is 2.74. The number of benzene rings is 2. The lowest BCUT2D eigenvalue weighted by atomic mass is 10.1. The molecule has 0 spiro atoms. The molecule has 174 valence electrons. The van der Waals surface area contributed by atoms with Crippen molar-refractivity contribution in [2.75, 3.05) is 17.1 Å². The number of amides is 2. The van der Waals surface area contributed by atoms with E-state index in [9.17, 15) is 22.4 Å². The third kappa shape index (κ3) is 7.05. The first-order chi connectivity index (χ1) is 15.0. The first-order valence-corrected chi connectivity index (χ1v) is 12.2. The normalized spacial score (nSPS) is 13.2. The van der Waals surface area contributed by atoms with Gasteiger partial charge in [0.2, 0.25) is 21.8 Å². The van der Waals surface area contributed by atoms with Crippen molar-refractivity contribution in [3.8, 4) is 0 Å². The largest absolute Gasteiger partial charge is 0.352 e. The molecule has 0 bridgehead atoms. The fourth-order valence-corrected chi connectivity index (χ4v) is 3.91. The third-order valence-corrected chi connectivity index (χ3v) is 6.28. The first-order valence-electron chi connectivity index (χ1n) is 10.4. The van der Waals surface area contributed by atoms with E-state index in [-0.39, 0.29) is 24.2 Å². The first kappa shape index (κ1) is 25.3. The fraction of sp³-hybridized carbons (Fsp3) is 0.391. The Hall–Kier alpha value is -2.94. The molecule has 0 unspecified atom stereocenters. The fourth-order valence-electron chi connectivity index (χ4n) is 3.07. The molecule has 9 heteroatoms. The minimum absolute atomic E-state index is 0.0391. The maximum atomic E-state index is 13.7. The molecule has 1 N–H and O–H groups in total. The van der Waals surface area contributed by atoms with Gasteiger partial charge in [0.15, 0.2) is 0 Å². The SMILES string of the molecule is CC[C@@H](C)NC(=O)[C@@H](C)N(Cc1ccccc1)C(=O)CN(c1cccc(F)c1)S(C)(=O)=O. The zero-order valence-corrected chi connectivity index (χ0v) is 19.6. The smallest absolute Gasteiger partial charge is 0.244 e. The molecule has 2 amide bonds. The number of hydrogen-bond acceptors (Lipinski definition) is 4. The molecule has 0 aliphatic carbocycles. The molecule has 0 heterocycles. The third-order valence-electron chi connectivity index (χ3n) is 5.14. The highest BCUT2D eigenvalue weighted by atomic mass is 32.2. The zero-order valence-electron chi connectivity index (χ0n) is 18.8. The van der Waals surface area contributed by atoms with E-state index >= 15 is 0 Å². The van der Waals surface area contributed by atoms with Crippen molar-refractivity contribution >= 4 is 27.5 Å². The highest BCUT2D eigenvalue weighted by molar-refractivity contribution is 7.92. The van der Waals surface area contributed by atoms with Gasteiger partial charge in [-0.05, 0) is 44.0 Å². The number of nitrogens with one attached hydrogen (secondary N) is 1. The highest BCUT2D eigenvalue weighted by Gasteiger charge is 2.30. The number of halogens is 1. The lowest BCUT2D eigenvalue weighted by Crippen LogP contribution is -2.52. The summed E-state index contributed by atoms with van der Waals surface area (Å²) in [5.74, 6) is -1.53. The Morgan fingerprint density at radius 3 is 2.28 bits per heavy atom. The van der Waals surface area contributed by atoms with E-state index in [2.05, 4.69) is 5.32 Å². The van der Waals surface area contributed by atoms with Crippen molar-refractivity contribution in [2.24, 2.45) is 0 Å². The zero-order chi connectivity index (χ0) is 23.9. The van der Waals surface area contributed by atoms with Gasteiger partial charge in [-0.25, -0.2) is 12.8 Å². The quantitative estimate of drug-likeness (QED) is 0.587. The Morgan fingerprint density at radius 2 is 1.72 bits per heavy atom. The van der Waals surface area contributed by atoms with Crippen molar-refractivity contribution in [2.45, 2.75) is 45.8 Å². The number of sulfonamides is 1. The van der Waals surface area contributed by atoms with Crippen LogP contribution in [0.4, 0.5) is 10.1 Å². The van der Waals surface area contributed by atoms with Crippen LogP contribution in [0.3, 0.4) is 0 Å². The Labute approximate surface area is 189 Å². The molecule has 0 radical (unpaired) electrons. The van der Waals surface area contributed by atoms with Gasteiger partial charge in [0.05, 0.1) is 11.9 Å². The van der Waals surface area contributed by atoms with Crippen LogP contribution in [0.1, 0.15) is 32.8 Å². The number of carbonyl (C=O) groups excluding carboxylic acids is 2. The van der Waals surface area contributed by atoms with Gasteiger partial charge in [0.1, 0.15) is 18.4 Å². The number of anilines is 1. The summed E-state index contributed by atoms with van der Waals surface area (Å²) in [4.78, 5) is 27.4. The molecule has 0 aliphatic heterocycles. The predicted octanol–water partition coefficient (Wildman–Crippen LogP) is 2.92. The van der Waals surface area contributed by atoms with Crippen LogP contribution in [0.5, 0.6) is 0 Å². The van der Waals surface area contributed by atoms with Gasteiger partial charge in [0, 0.05) is 12.6 Å². The second kappa shape index (κ2) is 11.1. The minimum Gasteiger partial charge on any atom is -0.352 e. The van der Waals surface area contributed by atoms with E-state index < -0.39 is 34.3 Å². The summed E-state index contributed by atoms with van der Waals surface area (Å²) in [6, 6.07) is 13.2. The number of rotatable bonds is 10. The van der Waals surface area contributed by atoms with Crippen LogP contribution >= 0.6 is 0 Å². The second-order valence-electron chi connectivity index (χ2n) is 7.75. The number of nitrogens with zero attached hydrogens (tertiary/aromatic N) is 2. The van der Waals surface area contributed by atoms with E-state index in [0.717, 1.165) is 28.6 Å². The molecular weight excluding hydrogens is 433 g/mol. The van der Waals surface area contributed by atoms with Crippen LogP contribution in [-0.2, 0) is 26.2 Å². The monoisotopic (exact) mass is 463 g/mol. The molecule has 2 atom stereocenters. The standard InChI is InChI=1S/C23H30FN3O4S/c1-5-17(2)25-23(29)18(3)26(15-19-10-7-6-8-11-19)22(28)16-27(32(4,30)31)21-13-9-12-20(24)14-21/h6-14,17-18H,5,15-16H2,1-4H3,(H,25,29)/t17-,18-/m1/s1. The molecule has 0 fully saturated rings. The van der Waals surface area contributed by atoms with Gasteiger partial charge in [-0.2, -0.15) is 0 Å². The van der Waals surface area contributed by atoms with Gasteiger partial charge >= 0.3 is 0 Å². The molecule has 0 aromatic heterocycles. The summed E-state index contributed by atoms with van der Waals surface area (Å²) in [5, 5.41) is 2.86. The van der Waals surface area contributed by atoms with Crippen LogP contribution in [0.2, 0.25) is 0 Å². The van der Waals surface area contributed by atoms with Crippen molar-refractivity contribution in [3.63, 3.8) is 0 Å². The topological polar surface area (TPSA) is 86.8 Å². The molecule has 2 aromatic rings. The van der Waals surface area contributed by atoms with E-state index in [0.29, 0.717) is 0 Å². The lowest BCUT2D eigenvalue weighted by Gasteiger charge is -2.32. The molecule has 7 nitrogen and oxygen atoms in total. The Morgan fingerprint density at radius 1 is 1.06 bits per heavy atom. The minimum atomic E-state index is -3.89. The van der Waals surface area contributed by atoms with Crippen LogP contribution in [0.15, 0.2) is 54.6 Å². The maximum absolute atomic E-state index is 13.7. The summed E-state index contributed by atoms with van der Waals surface area (Å²) in [7, 11) is -3.89. The Bertz CT molecular complexity index is 1030. The maximum Gasteiger partial charge on any atom is 0.244 e. The van der Waals surface area contributed by atoms with E-state index in [1.807, 2.05) is 44.2 Å². The molecular formula is C23H30FN3O4S. The van der Waals surface area contributed by atoms with Gasteiger partial charge in [-0.15, -0.1) is 0 Å². The van der Waals surface area contributed by atoms with Crippen LogP contribution in [0.25, 0.3) is 0 Å². The van der Waals surface area contributed by atoms with E-state index in [1.165, 1.54) is 23.1 Å². The number of carbonyl (C=O) groups is 2. The molecule has 2 aromatic carbocycles. The summed E-state index contributed by atoms with van der Waals surface area (Å²) >= 11 is 0. The molecule has 32 heavy (non-hydrogen) atoms. The van der Waals surface area contributed by atoms with Crippen molar-refractivity contribution in [1.82, 2.24) is 10.2 Å². The molecule has 0 saturated heterocycles. The summed E-state index contributed by atoms with van der Waals surface area (Å²) < 4.78 is 39.4. The van der Waals surface area contributed by atoms with Gasteiger partial charge < -0.3 is 10.2 Å². The second-order valence-corrected chi connectivity index (χ2v) is 9.66. The molecule has 2 rings (SSSR count). The Kier molecular flexibility index (Phi) is 8.77. The lowest BCUT2D eigenvalue weighted by molar-refractivity contribution is -0.139. The van der Waals surface area contributed by atoms with Crippen molar-refractivity contribution in [3.05, 3.63) is 66.0 Å². The van der Waals surface area contributed by atoms with Crippen LogP contribution in [-0.4, -0.2) is 50.0 Å². The predicted molar refractivity (Wildman–Crippen MR) is 123 cm³/mol. The summed E-state index contributed by atoms with van der Waals surface area (Å²) in [6.07, 6.45) is 1.68. The Balaban J connectivity index is 2.35. The summed E-state index contributed by atoms with van der Waals surface area (Å²) in [6.45, 7) is 4.96. The van der Waals surface area contributed by atoms with Crippen molar-refractivity contribution in [1.29, 1.82) is 0 Å². The van der Waals surface area contributed by atoms with E-state index in [4.69, 9.17) is 0 Å². The van der Waals surface area contributed by atoms with Gasteiger partial charge in [0.25, 0.3) is 0 Å².